The Labute approximate surface area is 107 Å². The average Bonchev–Trinajstić information content (AvgIpc) is 2.86. The number of rotatable bonds is 5. The summed E-state index contributed by atoms with van der Waals surface area (Å²) < 4.78 is 0. The summed E-state index contributed by atoms with van der Waals surface area (Å²) in [6.07, 6.45) is 3.71. The molecule has 4 atom stereocenters. The van der Waals surface area contributed by atoms with Crippen LogP contribution in [0.4, 0.5) is 0 Å². The van der Waals surface area contributed by atoms with E-state index < -0.39 is 5.97 Å². The third-order valence-corrected chi connectivity index (χ3v) is 4.18. The standard InChI is InChI=1S/C13H22N2O3/c1-8(5-11(16)17)6-15-13(18)12-10-4-2-3-9(10)7-14-12/h8-10,12,14H,2-7H2,1H3,(H,15,18)(H,16,17). The second kappa shape index (κ2) is 5.69. The maximum atomic E-state index is 12.1. The molecule has 0 bridgehead atoms. The fourth-order valence-corrected chi connectivity index (χ4v) is 3.23. The SMILES string of the molecule is CC(CNC(=O)C1NCC2CCCC21)CC(=O)O. The minimum absolute atomic E-state index is 0.0211. The summed E-state index contributed by atoms with van der Waals surface area (Å²) in [4.78, 5) is 22.6. The van der Waals surface area contributed by atoms with E-state index in [2.05, 4.69) is 10.6 Å². The molecule has 102 valence electrons. The largest absolute Gasteiger partial charge is 0.481 e. The van der Waals surface area contributed by atoms with Gasteiger partial charge in [-0.25, -0.2) is 0 Å². The zero-order valence-corrected chi connectivity index (χ0v) is 10.8. The molecule has 4 unspecified atom stereocenters. The molecule has 2 rings (SSSR count). The van der Waals surface area contributed by atoms with Gasteiger partial charge in [0.05, 0.1) is 6.04 Å². The van der Waals surface area contributed by atoms with Crippen LogP contribution < -0.4 is 10.6 Å². The number of amides is 1. The molecule has 0 aromatic carbocycles. The van der Waals surface area contributed by atoms with Gasteiger partial charge in [-0.05, 0) is 37.1 Å². The van der Waals surface area contributed by atoms with Gasteiger partial charge in [-0.2, -0.15) is 0 Å². The zero-order chi connectivity index (χ0) is 13.1. The van der Waals surface area contributed by atoms with E-state index in [0.717, 1.165) is 13.0 Å². The molecule has 1 saturated carbocycles. The van der Waals surface area contributed by atoms with Crippen LogP contribution in [-0.4, -0.2) is 36.1 Å². The molecule has 0 aromatic rings. The quantitative estimate of drug-likeness (QED) is 0.671. The van der Waals surface area contributed by atoms with Crippen LogP contribution in [-0.2, 0) is 9.59 Å². The van der Waals surface area contributed by atoms with Crippen molar-refractivity contribution in [1.29, 1.82) is 0 Å². The number of nitrogens with one attached hydrogen (secondary N) is 2. The molecule has 2 aliphatic rings. The molecule has 1 heterocycles. The van der Waals surface area contributed by atoms with E-state index in [1.807, 2.05) is 6.92 Å². The van der Waals surface area contributed by atoms with Crippen molar-refractivity contribution >= 4 is 11.9 Å². The number of fused-ring (bicyclic) bond motifs is 1. The van der Waals surface area contributed by atoms with E-state index in [1.165, 1.54) is 12.8 Å². The van der Waals surface area contributed by atoms with Gasteiger partial charge in [0.1, 0.15) is 0 Å². The van der Waals surface area contributed by atoms with Gasteiger partial charge in [0.25, 0.3) is 0 Å². The van der Waals surface area contributed by atoms with Gasteiger partial charge in [0.15, 0.2) is 0 Å². The van der Waals surface area contributed by atoms with Crippen molar-refractivity contribution in [2.75, 3.05) is 13.1 Å². The Balaban J connectivity index is 1.76. The van der Waals surface area contributed by atoms with E-state index in [9.17, 15) is 9.59 Å². The molecule has 0 radical (unpaired) electrons. The Bertz CT molecular complexity index is 332. The summed E-state index contributed by atoms with van der Waals surface area (Å²) in [5, 5.41) is 14.8. The highest BCUT2D eigenvalue weighted by molar-refractivity contribution is 5.82. The van der Waals surface area contributed by atoms with E-state index >= 15 is 0 Å². The number of carboxylic acid groups (broad SMARTS) is 1. The van der Waals surface area contributed by atoms with Gasteiger partial charge in [0, 0.05) is 13.0 Å². The normalized spacial score (nSPS) is 31.9. The highest BCUT2D eigenvalue weighted by atomic mass is 16.4. The maximum Gasteiger partial charge on any atom is 0.303 e. The lowest BCUT2D eigenvalue weighted by molar-refractivity contribution is -0.138. The first kappa shape index (κ1) is 13.3. The van der Waals surface area contributed by atoms with Gasteiger partial charge < -0.3 is 15.7 Å². The zero-order valence-electron chi connectivity index (χ0n) is 10.8. The molecule has 1 aliphatic heterocycles. The summed E-state index contributed by atoms with van der Waals surface area (Å²) in [5.41, 5.74) is 0. The fraction of sp³-hybridized carbons (Fsp3) is 0.846. The molecule has 0 spiro atoms. The number of carbonyl (C=O) groups is 2. The van der Waals surface area contributed by atoms with Gasteiger partial charge in [-0.15, -0.1) is 0 Å². The number of hydrogen-bond acceptors (Lipinski definition) is 3. The summed E-state index contributed by atoms with van der Waals surface area (Å²) in [5.74, 6) is 0.359. The third-order valence-electron chi connectivity index (χ3n) is 4.18. The molecule has 5 nitrogen and oxygen atoms in total. The highest BCUT2D eigenvalue weighted by Crippen LogP contribution is 2.37. The lowest BCUT2D eigenvalue weighted by Crippen LogP contribution is -2.45. The summed E-state index contributed by atoms with van der Waals surface area (Å²) >= 11 is 0. The van der Waals surface area contributed by atoms with Crippen molar-refractivity contribution in [1.82, 2.24) is 10.6 Å². The van der Waals surface area contributed by atoms with Gasteiger partial charge >= 0.3 is 5.97 Å². The number of aliphatic carboxylic acids is 1. The van der Waals surface area contributed by atoms with E-state index in [1.54, 1.807) is 0 Å². The summed E-state index contributed by atoms with van der Waals surface area (Å²) in [6, 6.07) is -0.0606. The van der Waals surface area contributed by atoms with Crippen LogP contribution in [0.2, 0.25) is 0 Å². The predicted octanol–water partition coefficient (Wildman–Crippen LogP) is 0.601. The Hall–Kier alpha value is -1.10. The first-order valence-corrected chi connectivity index (χ1v) is 6.81. The Morgan fingerprint density at radius 2 is 2.22 bits per heavy atom. The van der Waals surface area contributed by atoms with Crippen LogP contribution in [0.25, 0.3) is 0 Å². The second-order valence-electron chi connectivity index (χ2n) is 5.69. The van der Waals surface area contributed by atoms with Crippen LogP contribution in [0.5, 0.6) is 0 Å². The van der Waals surface area contributed by atoms with Gasteiger partial charge in [-0.1, -0.05) is 13.3 Å². The summed E-state index contributed by atoms with van der Waals surface area (Å²) in [6.45, 7) is 3.24. The van der Waals surface area contributed by atoms with Crippen LogP contribution in [0.15, 0.2) is 0 Å². The van der Waals surface area contributed by atoms with Crippen molar-refractivity contribution in [2.45, 2.75) is 38.6 Å². The maximum absolute atomic E-state index is 12.1. The number of carbonyl (C=O) groups excluding carboxylic acids is 1. The molecular formula is C13H22N2O3. The van der Waals surface area contributed by atoms with E-state index in [-0.39, 0.29) is 24.3 Å². The van der Waals surface area contributed by atoms with Crippen LogP contribution in [0.1, 0.15) is 32.6 Å². The average molecular weight is 254 g/mol. The van der Waals surface area contributed by atoms with Crippen LogP contribution in [0, 0.1) is 17.8 Å². The molecule has 3 N–H and O–H groups in total. The van der Waals surface area contributed by atoms with Crippen LogP contribution in [0.3, 0.4) is 0 Å². The lowest BCUT2D eigenvalue weighted by atomic mass is 9.93. The van der Waals surface area contributed by atoms with Crippen molar-refractivity contribution in [3.05, 3.63) is 0 Å². The minimum Gasteiger partial charge on any atom is -0.481 e. The predicted molar refractivity (Wildman–Crippen MR) is 67.0 cm³/mol. The Kier molecular flexibility index (Phi) is 4.22. The smallest absolute Gasteiger partial charge is 0.303 e. The third kappa shape index (κ3) is 3.02. The second-order valence-corrected chi connectivity index (χ2v) is 5.69. The number of hydrogen-bond donors (Lipinski definition) is 3. The molecule has 0 aromatic heterocycles. The monoisotopic (exact) mass is 254 g/mol. The van der Waals surface area contributed by atoms with E-state index in [4.69, 9.17) is 5.11 Å². The van der Waals surface area contributed by atoms with Crippen molar-refractivity contribution in [2.24, 2.45) is 17.8 Å². The lowest BCUT2D eigenvalue weighted by Gasteiger charge is -2.19. The molecule has 5 heteroatoms. The molecular weight excluding hydrogens is 232 g/mol. The molecule has 1 amide bonds. The van der Waals surface area contributed by atoms with E-state index in [0.29, 0.717) is 18.4 Å². The van der Waals surface area contributed by atoms with Crippen molar-refractivity contribution in [3.63, 3.8) is 0 Å². The number of carboxylic acids is 1. The fourth-order valence-electron chi connectivity index (χ4n) is 3.23. The van der Waals surface area contributed by atoms with Crippen molar-refractivity contribution in [3.8, 4) is 0 Å². The Morgan fingerprint density at radius 1 is 1.44 bits per heavy atom. The molecule has 18 heavy (non-hydrogen) atoms. The topological polar surface area (TPSA) is 78.4 Å². The highest BCUT2D eigenvalue weighted by Gasteiger charge is 2.42. The molecule has 1 aliphatic carbocycles. The summed E-state index contributed by atoms with van der Waals surface area (Å²) in [7, 11) is 0. The first-order chi connectivity index (χ1) is 8.58. The molecule has 1 saturated heterocycles. The molecule has 2 fully saturated rings. The first-order valence-electron chi connectivity index (χ1n) is 6.81. The Morgan fingerprint density at radius 3 is 2.94 bits per heavy atom. The van der Waals surface area contributed by atoms with Crippen LogP contribution >= 0.6 is 0 Å². The van der Waals surface area contributed by atoms with Gasteiger partial charge in [0.2, 0.25) is 5.91 Å². The van der Waals surface area contributed by atoms with Gasteiger partial charge in [-0.3, -0.25) is 9.59 Å². The van der Waals surface area contributed by atoms with Crippen molar-refractivity contribution < 1.29 is 14.7 Å². The minimum atomic E-state index is -0.813.